The van der Waals surface area contributed by atoms with Crippen LogP contribution < -0.4 is 0 Å². The molecule has 3 nitrogen and oxygen atoms in total. The van der Waals surface area contributed by atoms with Gasteiger partial charge in [0.25, 0.3) is 0 Å². The molecule has 0 spiro atoms. The third-order valence-corrected chi connectivity index (χ3v) is 5.10. The quantitative estimate of drug-likeness (QED) is 0.667. The summed E-state index contributed by atoms with van der Waals surface area (Å²) in [6, 6.07) is 2.89. The van der Waals surface area contributed by atoms with Crippen LogP contribution in [0.15, 0.2) is 23.1 Å². The lowest BCUT2D eigenvalue weighted by Crippen LogP contribution is -2.23. The molecule has 0 N–H and O–H groups in total. The number of nitrogens with zero attached hydrogens (tertiary/aromatic N) is 1. The van der Waals surface area contributed by atoms with Crippen molar-refractivity contribution >= 4 is 10.0 Å². The van der Waals surface area contributed by atoms with Crippen molar-refractivity contribution in [3.8, 4) is 0 Å². The van der Waals surface area contributed by atoms with Crippen molar-refractivity contribution in [2.45, 2.75) is 23.5 Å². The molecule has 0 radical (unpaired) electrons. The molecule has 2 unspecified atom stereocenters. The van der Waals surface area contributed by atoms with Gasteiger partial charge < -0.3 is 0 Å². The van der Waals surface area contributed by atoms with E-state index in [1.807, 2.05) is 0 Å². The maximum absolute atomic E-state index is 12.5. The van der Waals surface area contributed by atoms with E-state index >= 15 is 0 Å². The molecule has 0 amide bonds. The first-order valence-corrected chi connectivity index (χ1v) is 6.46. The van der Waals surface area contributed by atoms with Gasteiger partial charge in [0.05, 0.1) is 10.5 Å². The van der Waals surface area contributed by atoms with Crippen molar-refractivity contribution in [3.63, 3.8) is 0 Å². The van der Waals surface area contributed by atoms with Crippen LogP contribution in [0.1, 0.15) is 11.1 Å². The average Bonchev–Trinajstić information content (AvgIpc) is 2.96. The van der Waals surface area contributed by atoms with E-state index in [9.17, 15) is 21.6 Å². The first kappa shape index (κ1) is 11.0. The lowest BCUT2D eigenvalue weighted by molar-refractivity contribution is -0.137. The van der Waals surface area contributed by atoms with Crippen LogP contribution in [0.2, 0.25) is 0 Å². The molecule has 2 heterocycles. The molecule has 17 heavy (non-hydrogen) atoms. The van der Waals surface area contributed by atoms with Crippen LogP contribution in [0, 0.1) is 0 Å². The number of halogens is 3. The molecule has 1 saturated heterocycles. The Bertz CT molecular complexity index is 594. The van der Waals surface area contributed by atoms with Crippen LogP contribution in [-0.4, -0.2) is 25.3 Å². The number of rotatable bonds is 0. The summed E-state index contributed by atoms with van der Waals surface area (Å²) in [4.78, 5) is -0.193. The molecule has 0 aromatic heterocycles. The monoisotopic (exact) mass is 263 g/mol. The van der Waals surface area contributed by atoms with Crippen LogP contribution in [0.4, 0.5) is 13.2 Å². The average molecular weight is 263 g/mol. The van der Waals surface area contributed by atoms with E-state index in [2.05, 4.69) is 0 Å². The van der Waals surface area contributed by atoms with Crippen LogP contribution in [-0.2, 0) is 22.6 Å². The molecule has 0 saturated carbocycles. The number of benzene rings is 1. The van der Waals surface area contributed by atoms with Crippen molar-refractivity contribution in [3.05, 3.63) is 29.3 Å². The van der Waals surface area contributed by atoms with Gasteiger partial charge in [-0.05, 0) is 24.1 Å². The molecular formula is C10H8F3NO2S. The number of hydrogen-bond donors (Lipinski definition) is 0. The fourth-order valence-electron chi connectivity index (χ4n) is 2.14. The van der Waals surface area contributed by atoms with Gasteiger partial charge in [-0.3, -0.25) is 0 Å². The largest absolute Gasteiger partial charge is 0.416 e. The fourth-order valence-corrected chi connectivity index (χ4v) is 3.99. The van der Waals surface area contributed by atoms with Gasteiger partial charge in [0, 0.05) is 12.6 Å². The zero-order valence-electron chi connectivity index (χ0n) is 8.53. The maximum atomic E-state index is 12.5. The molecule has 3 rings (SSSR count). The lowest BCUT2D eigenvalue weighted by Gasteiger charge is -2.18. The van der Waals surface area contributed by atoms with Gasteiger partial charge in [-0.1, -0.05) is 6.07 Å². The van der Waals surface area contributed by atoms with E-state index in [1.54, 1.807) is 0 Å². The van der Waals surface area contributed by atoms with Gasteiger partial charge in [0.1, 0.15) is 0 Å². The SMILES string of the molecule is O=S1(=O)c2cc(C(F)(F)F)ccc2CC2CN21. The number of alkyl halides is 3. The third-order valence-electron chi connectivity index (χ3n) is 3.10. The summed E-state index contributed by atoms with van der Waals surface area (Å²) in [5.41, 5.74) is -0.433. The van der Waals surface area contributed by atoms with Crippen molar-refractivity contribution in [1.82, 2.24) is 4.31 Å². The molecule has 0 aliphatic carbocycles. The van der Waals surface area contributed by atoms with Crippen LogP contribution in [0.3, 0.4) is 0 Å². The molecule has 2 aliphatic heterocycles. The third kappa shape index (κ3) is 1.56. The lowest BCUT2D eigenvalue weighted by atomic mass is 10.1. The highest BCUT2D eigenvalue weighted by atomic mass is 32.2. The molecule has 0 bridgehead atoms. The maximum Gasteiger partial charge on any atom is 0.416 e. The molecule has 1 aromatic rings. The zero-order valence-corrected chi connectivity index (χ0v) is 9.35. The Labute approximate surface area is 95.9 Å². The van der Waals surface area contributed by atoms with Gasteiger partial charge in [-0.25, -0.2) is 8.42 Å². The summed E-state index contributed by atoms with van der Waals surface area (Å²) in [7, 11) is -3.70. The highest BCUT2D eigenvalue weighted by Gasteiger charge is 2.49. The normalized spacial score (nSPS) is 29.4. The highest BCUT2D eigenvalue weighted by Crippen LogP contribution is 2.40. The summed E-state index contributed by atoms with van der Waals surface area (Å²) in [6.07, 6.45) is -4.01. The predicted octanol–water partition coefficient (Wildman–Crippen LogP) is 1.63. The van der Waals surface area contributed by atoms with Crippen molar-refractivity contribution in [2.24, 2.45) is 0 Å². The van der Waals surface area contributed by atoms with Crippen LogP contribution >= 0.6 is 0 Å². The second-order valence-corrected chi connectivity index (χ2v) is 6.11. The van der Waals surface area contributed by atoms with Crippen LogP contribution in [0.5, 0.6) is 0 Å². The summed E-state index contributed by atoms with van der Waals surface area (Å²) in [5.74, 6) is 0. The van der Waals surface area contributed by atoms with E-state index in [4.69, 9.17) is 0 Å². The number of sulfonamides is 1. The van der Waals surface area contributed by atoms with Crippen molar-refractivity contribution in [2.75, 3.05) is 6.54 Å². The Hall–Kier alpha value is -1.08. The van der Waals surface area contributed by atoms with Gasteiger partial charge in [-0.15, -0.1) is 0 Å². The van der Waals surface area contributed by atoms with E-state index in [1.165, 1.54) is 10.4 Å². The molecular weight excluding hydrogens is 255 g/mol. The second kappa shape index (κ2) is 3.02. The fraction of sp³-hybridized carbons (Fsp3) is 0.400. The van der Waals surface area contributed by atoms with E-state index in [0.717, 1.165) is 12.1 Å². The second-order valence-electron chi connectivity index (χ2n) is 4.25. The van der Waals surface area contributed by atoms with E-state index in [-0.39, 0.29) is 10.9 Å². The zero-order chi connectivity index (χ0) is 12.4. The Morgan fingerprint density at radius 1 is 1.29 bits per heavy atom. The Kier molecular flexibility index (Phi) is 1.96. The Balaban J connectivity index is 2.18. The standard InChI is InChI=1S/C10H8F3NO2S/c11-10(12,13)7-2-1-6-3-8-5-14(8)17(15,16)9(6)4-7/h1-2,4,8H,3,5H2. The van der Waals surface area contributed by atoms with E-state index < -0.39 is 21.8 Å². The van der Waals surface area contributed by atoms with Gasteiger partial charge in [-0.2, -0.15) is 17.5 Å². The molecule has 92 valence electrons. The summed E-state index contributed by atoms with van der Waals surface area (Å²) < 4.78 is 62.5. The molecule has 2 aliphatic rings. The van der Waals surface area contributed by atoms with Gasteiger partial charge in [0.15, 0.2) is 0 Å². The Morgan fingerprint density at radius 3 is 2.65 bits per heavy atom. The first-order chi connectivity index (χ1) is 7.80. The van der Waals surface area contributed by atoms with Crippen molar-refractivity contribution in [1.29, 1.82) is 0 Å². The first-order valence-electron chi connectivity index (χ1n) is 5.02. The molecule has 2 atom stereocenters. The molecule has 1 aromatic carbocycles. The molecule has 7 heteroatoms. The summed E-state index contributed by atoms with van der Waals surface area (Å²) in [6.45, 7) is 0.415. The minimum Gasteiger partial charge on any atom is -0.207 e. The summed E-state index contributed by atoms with van der Waals surface area (Å²) >= 11 is 0. The topological polar surface area (TPSA) is 37.1 Å². The minimum absolute atomic E-state index is 0.0516. The number of hydrogen-bond acceptors (Lipinski definition) is 2. The van der Waals surface area contributed by atoms with Gasteiger partial charge >= 0.3 is 6.18 Å². The van der Waals surface area contributed by atoms with Crippen LogP contribution in [0.25, 0.3) is 0 Å². The summed E-state index contributed by atoms with van der Waals surface area (Å²) in [5, 5.41) is 0. The van der Waals surface area contributed by atoms with E-state index in [0.29, 0.717) is 18.5 Å². The van der Waals surface area contributed by atoms with Gasteiger partial charge in [0.2, 0.25) is 10.0 Å². The van der Waals surface area contributed by atoms with Crippen molar-refractivity contribution < 1.29 is 21.6 Å². The minimum atomic E-state index is -4.51. The highest BCUT2D eigenvalue weighted by molar-refractivity contribution is 7.89. The number of fused-ring (bicyclic) bond motifs is 2. The smallest absolute Gasteiger partial charge is 0.207 e. The predicted molar refractivity (Wildman–Crippen MR) is 52.8 cm³/mol. The Morgan fingerprint density at radius 2 is 2.00 bits per heavy atom. The molecule has 1 fully saturated rings.